The van der Waals surface area contributed by atoms with Crippen LogP contribution in [0.1, 0.15) is 32.6 Å². The normalized spacial score (nSPS) is 64.1. The molecule has 0 aromatic carbocycles. The summed E-state index contributed by atoms with van der Waals surface area (Å²) in [6, 6.07) is -0.158. The fourth-order valence-corrected chi connectivity index (χ4v) is 10.4. The van der Waals surface area contributed by atoms with Crippen molar-refractivity contribution in [1.29, 1.82) is 0 Å². The summed E-state index contributed by atoms with van der Waals surface area (Å²) in [6.45, 7) is 4.25. The van der Waals surface area contributed by atoms with E-state index in [1.165, 1.54) is 7.11 Å². The van der Waals surface area contributed by atoms with Gasteiger partial charge in [-0.15, -0.1) is 0 Å². The van der Waals surface area contributed by atoms with Gasteiger partial charge in [0.2, 0.25) is 0 Å². The zero-order valence-corrected chi connectivity index (χ0v) is 18.6. The summed E-state index contributed by atoms with van der Waals surface area (Å²) in [5.74, 6) is -1.41. The maximum Gasteiger partial charge on any atom is 0.129 e. The van der Waals surface area contributed by atoms with E-state index in [4.69, 9.17) is 9.47 Å². The summed E-state index contributed by atoms with van der Waals surface area (Å²) in [6.07, 6.45) is -1.39. The van der Waals surface area contributed by atoms with E-state index in [0.717, 1.165) is 19.5 Å². The molecule has 5 saturated carbocycles. The second-order valence-electron chi connectivity index (χ2n) is 11.4. The van der Waals surface area contributed by atoms with Crippen molar-refractivity contribution < 1.29 is 35.0 Å². The van der Waals surface area contributed by atoms with Gasteiger partial charge in [-0.3, -0.25) is 4.90 Å². The predicted molar refractivity (Wildman–Crippen MR) is 109 cm³/mol. The first-order valence-electron chi connectivity index (χ1n) is 11.9. The molecular weight excluding hydrogens is 402 g/mol. The minimum atomic E-state index is -1.89. The summed E-state index contributed by atoms with van der Waals surface area (Å²) < 4.78 is 11.3. The van der Waals surface area contributed by atoms with Gasteiger partial charge in [0.1, 0.15) is 17.3 Å². The molecule has 1 unspecified atom stereocenters. The number of aliphatic hydroxyl groups is 5. The van der Waals surface area contributed by atoms with Gasteiger partial charge in [-0.1, -0.05) is 6.92 Å². The number of hydrogen-bond donors (Lipinski definition) is 5. The molecule has 0 aromatic rings. The molecule has 1 saturated heterocycles. The third-order valence-corrected chi connectivity index (χ3v) is 11.1. The van der Waals surface area contributed by atoms with Gasteiger partial charge in [0.05, 0.1) is 24.9 Å². The number of piperidine rings is 1. The zero-order chi connectivity index (χ0) is 22.1. The van der Waals surface area contributed by atoms with Crippen LogP contribution in [0, 0.1) is 34.5 Å². The summed E-state index contributed by atoms with van der Waals surface area (Å²) in [7, 11) is 3.21. The molecule has 1 spiro atoms. The Morgan fingerprint density at radius 3 is 2.39 bits per heavy atom. The molecule has 0 aromatic heterocycles. The van der Waals surface area contributed by atoms with Crippen molar-refractivity contribution in [3.8, 4) is 0 Å². The monoisotopic (exact) mass is 439 g/mol. The van der Waals surface area contributed by atoms with Gasteiger partial charge in [0.15, 0.2) is 0 Å². The number of fused-ring (bicyclic) bond motifs is 2. The Morgan fingerprint density at radius 1 is 1.00 bits per heavy atom. The molecule has 5 N–H and O–H groups in total. The lowest BCUT2D eigenvalue weighted by atomic mass is 9.42. The highest BCUT2D eigenvalue weighted by Gasteiger charge is 2.89. The van der Waals surface area contributed by atoms with Crippen LogP contribution in [0.2, 0.25) is 0 Å². The van der Waals surface area contributed by atoms with Crippen LogP contribution in [-0.2, 0) is 9.47 Å². The highest BCUT2D eigenvalue weighted by atomic mass is 16.5. The third kappa shape index (κ3) is 1.89. The van der Waals surface area contributed by atoms with E-state index in [2.05, 4.69) is 11.8 Å². The maximum absolute atomic E-state index is 12.3. The van der Waals surface area contributed by atoms with Gasteiger partial charge >= 0.3 is 0 Å². The Morgan fingerprint density at radius 2 is 1.74 bits per heavy atom. The molecule has 31 heavy (non-hydrogen) atoms. The molecule has 6 rings (SSSR count). The van der Waals surface area contributed by atoms with Crippen LogP contribution in [0.15, 0.2) is 0 Å². The third-order valence-electron chi connectivity index (χ3n) is 11.1. The lowest BCUT2D eigenvalue weighted by molar-refractivity contribution is -0.355. The first kappa shape index (κ1) is 21.2. The van der Waals surface area contributed by atoms with Crippen LogP contribution >= 0.6 is 0 Å². The molecule has 6 fully saturated rings. The number of aliphatic hydroxyl groups excluding tert-OH is 3. The van der Waals surface area contributed by atoms with Crippen molar-refractivity contribution in [3.63, 3.8) is 0 Å². The number of methoxy groups -OCH3 is 2. The molecule has 1 aliphatic heterocycles. The molecule has 7 bridgehead atoms. The van der Waals surface area contributed by atoms with E-state index in [-0.39, 0.29) is 17.4 Å². The summed E-state index contributed by atoms with van der Waals surface area (Å²) in [5.41, 5.74) is -4.58. The van der Waals surface area contributed by atoms with Crippen molar-refractivity contribution in [3.05, 3.63) is 0 Å². The minimum absolute atomic E-state index is 0.0595. The van der Waals surface area contributed by atoms with Crippen LogP contribution in [-0.4, -0.2) is 106 Å². The highest BCUT2D eigenvalue weighted by molar-refractivity contribution is 5.39. The van der Waals surface area contributed by atoms with E-state index in [0.29, 0.717) is 25.9 Å². The second kappa shape index (κ2) is 6.21. The van der Waals surface area contributed by atoms with E-state index < -0.39 is 58.8 Å². The molecule has 1 heterocycles. The van der Waals surface area contributed by atoms with Crippen LogP contribution < -0.4 is 0 Å². The van der Waals surface area contributed by atoms with Crippen molar-refractivity contribution in [2.24, 2.45) is 34.5 Å². The van der Waals surface area contributed by atoms with Gasteiger partial charge in [-0.25, -0.2) is 0 Å². The zero-order valence-electron chi connectivity index (χ0n) is 18.6. The standard InChI is InChI=1S/C23H37NO7/c1-4-24-9-20(10-30-2)6-5-15(25)21-13(20)8-12(17(21)24)22(28)19(27)16(31-3)11-7-14(21)23(22,29)18(11)26/h11-19,25-29H,4-10H2,1-3H3/t11-,12+,13-,14+,15+,16-,17?,18+,19+,20+,21+,22-,23+/m1/s1. The van der Waals surface area contributed by atoms with Crippen LogP contribution in [0.5, 0.6) is 0 Å². The molecular formula is C23H37NO7. The Labute approximate surface area is 183 Å². The number of hydrogen-bond acceptors (Lipinski definition) is 8. The average Bonchev–Trinajstić information content (AvgIpc) is 3.15. The quantitative estimate of drug-likeness (QED) is 0.377. The lowest BCUT2D eigenvalue weighted by Crippen LogP contribution is -2.85. The van der Waals surface area contributed by atoms with Crippen molar-refractivity contribution >= 4 is 0 Å². The number of nitrogens with zero attached hydrogens (tertiary/aromatic N) is 1. The first-order chi connectivity index (χ1) is 14.7. The fourth-order valence-electron chi connectivity index (χ4n) is 10.4. The Hall–Kier alpha value is -0.320. The van der Waals surface area contributed by atoms with Gasteiger partial charge in [-0.05, 0) is 38.1 Å². The number of ether oxygens (including phenoxy) is 2. The van der Waals surface area contributed by atoms with Crippen LogP contribution in [0.4, 0.5) is 0 Å². The Kier molecular flexibility index (Phi) is 4.26. The molecule has 0 radical (unpaired) electrons. The Bertz CT molecular complexity index is 783. The fraction of sp³-hybridized carbons (Fsp3) is 1.00. The van der Waals surface area contributed by atoms with Gasteiger partial charge in [0.25, 0.3) is 0 Å². The van der Waals surface area contributed by atoms with Crippen molar-refractivity contribution in [2.45, 2.75) is 74.3 Å². The molecule has 176 valence electrons. The average molecular weight is 440 g/mol. The first-order valence-corrected chi connectivity index (χ1v) is 11.9. The van der Waals surface area contributed by atoms with E-state index in [9.17, 15) is 25.5 Å². The molecule has 6 aliphatic rings. The van der Waals surface area contributed by atoms with Gasteiger partial charge in [0, 0.05) is 55.4 Å². The Balaban J connectivity index is 1.63. The van der Waals surface area contributed by atoms with E-state index in [1.54, 1.807) is 7.11 Å². The molecule has 0 amide bonds. The predicted octanol–water partition coefficient (Wildman–Crippen LogP) is -1.04. The summed E-state index contributed by atoms with van der Waals surface area (Å²) in [4.78, 5) is 2.36. The van der Waals surface area contributed by atoms with Crippen LogP contribution in [0.25, 0.3) is 0 Å². The van der Waals surface area contributed by atoms with E-state index in [1.807, 2.05) is 0 Å². The van der Waals surface area contributed by atoms with Crippen molar-refractivity contribution in [1.82, 2.24) is 4.90 Å². The largest absolute Gasteiger partial charge is 0.392 e. The number of likely N-dealkylation sites (tertiary alicyclic amines) is 1. The van der Waals surface area contributed by atoms with Gasteiger partial charge < -0.3 is 35.0 Å². The summed E-state index contributed by atoms with van der Waals surface area (Å²) >= 11 is 0. The summed E-state index contributed by atoms with van der Waals surface area (Å²) in [5, 5.41) is 58.9. The van der Waals surface area contributed by atoms with E-state index >= 15 is 0 Å². The molecule has 8 nitrogen and oxygen atoms in total. The topological polar surface area (TPSA) is 123 Å². The van der Waals surface area contributed by atoms with Crippen LogP contribution in [0.3, 0.4) is 0 Å². The van der Waals surface area contributed by atoms with Gasteiger partial charge in [-0.2, -0.15) is 0 Å². The highest BCUT2D eigenvalue weighted by Crippen LogP contribution is 2.79. The lowest BCUT2D eigenvalue weighted by Gasteiger charge is -2.71. The molecule has 13 atom stereocenters. The number of rotatable bonds is 4. The molecule has 8 heteroatoms. The smallest absolute Gasteiger partial charge is 0.129 e. The van der Waals surface area contributed by atoms with Crippen molar-refractivity contribution in [2.75, 3.05) is 33.9 Å². The SMILES string of the molecule is CCN1C[C@]2(COC)CC[C@H](O)[C@]34C1[C@H](C[C@H]23)[C@@]1(O)[C@@H](O)[C@H](OC)[C@H]2C[C@@H]4[C@]1(O)[C@H]2O. The second-order valence-corrected chi connectivity index (χ2v) is 11.4. The minimum Gasteiger partial charge on any atom is -0.392 e. The molecule has 5 aliphatic carbocycles. The maximum atomic E-state index is 12.3.